The molecule has 5 heteroatoms. The molecule has 92 valence electrons. The summed E-state index contributed by atoms with van der Waals surface area (Å²) in [6, 6.07) is 3.63. The zero-order valence-electron chi connectivity index (χ0n) is 9.67. The maximum atomic E-state index is 11.8. The Morgan fingerprint density at radius 2 is 2.29 bits per heavy atom. The van der Waals surface area contributed by atoms with Gasteiger partial charge in [-0.05, 0) is 12.1 Å². The molecule has 5 nitrogen and oxygen atoms in total. The third kappa shape index (κ3) is 3.71. The van der Waals surface area contributed by atoms with Gasteiger partial charge >= 0.3 is 0 Å². The van der Waals surface area contributed by atoms with E-state index in [0.717, 1.165) is 0 Å². The van der Waals surface area contributed by atoms with E-state index in [1.165, 1.54) is 0 Å². The van der Waals surface area contributed by atoms with Crippen LogP contribution in [0.3, 0.4) is 0 Å². The van der Waals surface area contributed by atoms with Crippen LogP contribution < -0.4 is 4.74 Å². The summed E-state index contributed by atoms with van der Waals surface area (Å²) in [4.78, 5) is 17.5. The van der Waals surface area contributed by atoms with Gasteiger partial charge in [0.1, 0.15) is 5.75 Å². The molecule has 2 rings (SSSR count). The van der Waals surface area contributed by atoms with Crippen LogP contribution in [0.15, 0.2) is 24.5 Å². The average Bonchev–Trinajstić information content (AvgIpc) is 2.41. The summed E-state index contributed by atoms with van der Waals surface area (Å²) in [6.07, 6.45) is 3.72. The van der Waals surface area contributed by atoms with Gasteiger partial charge in [-0.3, -0.25) is 9.78 Å². The number of pyridine rings is 1. The zero-order chi connectivity index (χ0) is 11.9. The van der Waals surface area contributed by atoms with Gasteiger partial charge in [0.2, 0.25) is 5.91 Å². The third-order valence-electron chi connectivity index (χ3n) is 2.58. The van der Waals surface area contributed by atoms with Crippen molar-refractivity contribution >= 4 is 5.91 Å². The molecule has 1 aliphatic rings. The van der Waals surface area contributed by atoms with E-state index in [2.05, 4.69) is 4.98 Å². The number of amides is 1. The number of rotatable bonds is 4. The van der Waals surface area contributed by atoms with E-state index in [1.807, 2.05) is 11.0 Å². The van der Waals surface area contributed by atoms with Crippen molar-refractivity contribution in [1.29, 1.82) is 0 Å². The van der Waals surface area contributed by atoms with Crippen LogP contribution in [0.2, 0.25) is 0 Å². The van der Waals surface area contributed by atoms with Crippen LogP contribution in [0.1, 0.15) is 6.42 Å². The Hall–Kier alpha value is -1.62. The minimum Gasteiger partial charge on any atom is -0.491 e. The highest BCUT2D eigenvalue weighted by atomic mass is 16.5. The molecule has 1 aromatic rings. The van der Waals surface area contributed by atoms with E-state index < -0.39 is 0 Å². The van der Waals surface area contributed by atoms with Gasteiger partial charge in [0.05, 0.1) is 32.4 Å². The van der Waals surface area contributed by atoms with Crippen LogP contribution in [-0.4, -0.2) is 48.7 Å². The second-order valence-electron chi connectivity index (χ2n) is 3.78. The SMILES string of the molecule is O=C(CCOc1cccnc1)N1CCOCC1. The molecule has 0 unspecified atom stereocenters. The van der Waals surface area contributed by atoms with Gasteiger partial charge in [-0.15, -0.1) is 0 Å². The molecule has 0 saturated carbocycles. The molecule has 0 spiro atoms. The Morgan fingerprint density at radius 1 is 1.47 bits per heavy atom. The largest absolute Gasteiger partial charge is 0.491 e. The summed E-state index contributed by atoms with van der Waals surface area (Å²) in [5.74, 6) is 0.819. The Balaban J connectivity index is 1.69. The van der Waals surface area contributed by atoms with Crippen molar-refractivity contribution in [2.75, 3.05) is 32.9 Å². The van der Waals surface area contributed by atoms with E-state index in [9.17, 15) is 4.79 Å². The number of ether oxygens (including phenoxy) is 2. The quantitative estimate of drug-likeness (QED) is 0.772. The first kappa shape index (κ1) is 11.9. The lowest BCUT2D eigenvalue weighted by atomic mass is 10.3. The predicted molar refractivity (Wildman–Crippen MR) is 61.7 cm³/mol. The standard InChI is InChI=1S/C12H16N2O3/c15-12(14-5-8-16-9-6-14)3-7-17-11-2-1-4-13-10-11/h1-2,4,10H,3,5-9H2. The summed E-state index contributed by atoms with van der Waals surface area (Å²) in [5.41, 5.74) is 0. The molecule has 0 aromatic carbocycles. The summed E-state index contributed by atoms with van der Waals surface area (Å²) in [6.45, 7) is 3.03. The zero-order valence-corrected chi connectivity index (χ0v) is 9.67. The summed E-state index contributed by atoms with van der Waals surface area (Å²) >= 11 is 0. The third-order valence-corrected chi connectivity index (χ3v) is 2.58. The molecule has 1 fully saturated rings. The first-order valence-electron chi connectivity index (χ1n) is 5.74. The van der Waals surface area contributed by atoms with Crippen molar-refractivity contribution in [3.63, 3.8) is 0 Å². The van der Waals surface area contributed by atoms with Crippen molar-refractivity contribution < 1.29 is 14.3 Å². The van der Waals surface area contributed by atoms with Gasteiger partial charge in [-0.25, -0.2) is 0 Å². The first-order valence-corrected chi connectivity index (χ1v) is 5.74. The number of morpholine rings is 1. The van der Waals surface area contributed by atoms with E-state index in [4.69, 9.17) is 9.47 Å². The summed E-state index contributed by atoms with van der Waals surface area (Å²) in [5, 5.41) is 0. The second kappa shape index (κ2) is 6.20. The molecule has 1 aromatic heterocycles. The fraction of sp³-hybridized carbons (Fsp3) is 0.500. The van der Waals surface area contributed by atoms with Gasteiger partial charge in [0, 0.05) is 19.3 Å². The summed E-state index contributed by atoms with van der Waals surface area (Å²) < 4.78 is 10.6. The number of aromatic nitrogens is 1. The summed E-state index contributed by atoms with van der Waals surface area (Å²) in [7, 11) is 0. The monoisotopic (exact) mass is 236 g/mol. The molecular weight excluding hydrogens is 220 g/mol. The Labute approximate surface area is 100 Å². The number of carbonyl (C=O) groups excluding carboxylic acids is 1. The minimum absolute atomic E-state index is 0.122. The van der Waals surface area contributed by atoms with Gasteiger partial charge in [-0.2, -0.15) is 0 Å². The molecule has 0 bridgehead atoms. The predicted octanol–water partition coefficient (Wildman–Crippen LogP) is 0.709. The van der Waals surface area contributed by atoms with E-state index in [-0.39, 0.29) is 5.91 Å². The van der Waals surface area contributed by atoms with Crippen LogP contribution in [0.5, 0.6) is 5.75 Å². The number of hydrogen-bond acceptors (Lipinski definition) is 4. The molecule has 1 amide bonds. The first-order chi connectivity index (χ1) is 8.36. The molecule has 1 aliphatic heterocycles. The van der Waals surface area contributed by atoms with Crippen molar-refractivity contribution in [3.8, 4) is 5.75 Å². The highest BCUT2D eigenvalue weighted by Gasteiger charge is 2.16. The van der Waals surface area contributed by atoms with Crippen LogP contribution in [0.25, 0.3) is 0 Å². The van der Waals surface area contributed by atoms with Crippen LogP contribution in [-0.2, 0) is 9.53 Å². The smallest absolute Gasteiger partial charge is 0.226 e. The molecule has 2 heterocycles. The lowest BCUT2D eigenvalue weighted by molar-refractivity contribution is -0.135. The molecule has 0 aliphatic carbocycles. The van der Waals surface area contributed by atoms with Gasteiger partial charge in [-0.1, -0.05) is 0 Å². The fourth-order valence-electron chi connectivity index (χ4n) is 1.66. The lowest BCUT2D eigenvalue weighted by Gasteiger charge is -2.26. The molecule has 1 saturated heterocycles. The molecule has 0 radical (unpaired) electrons. The molecular formula is C12H16N2O3. The van der Waals surface area contributed by atoms with Crippen molar-refractivity contribution in [2.45, 2.75) is 6.42 Å². The van der Waals surface area contributed by atoms with E-state index in [1.54, 1.807) is 18.5 Å². The normalized spacial score (nSPS) is 15.6. The van der Waals surface area contributed by atoms with Crippen LogP contribution >= 0.6 is 0 Å². The fourth-order valence-corrected chi connectivity index (χ4v) is 1.66. The topological polar surface area (TPSA) is 51.7 Å². The highest BCUT2D eigenvalue weighted by molar-refractivity contribution is 5.76. The average molecular weight is 236 g/mol. The van der Waals surface area contributed by atoms with E-state index >= 15 is 0 Å². The van der Waals surface area contributed by atoms with Gasteiger partial charge in [0.25, 0.3) is 0 Å². The second-order valence-corrected chi connectivity index (χ2v) is 3.78. The molecule has 17 heavy (non-hydrogen) atoms. The van der Waals surface area contributed by atoms with Crippen molar-refractivity contribution in [3.05, 3.63) is 24.5 Å². The molecule has 0 N–H and O–H groups in total. The van der Waals surface area contributed by atoms with Crippen LogP contribution in [0.4, 0.5) is 0 Å². The van der Waals surface area contributed by atoms with Crippen LogP contribution in [0, 0.1) is 0 Å². The maximum absolute atomic E-state index is 11.8. The Morgan fingerprint density at radius 3 is 3.00 bits per heavy atom. The van der Waals surface area contributed by atoms with Crippen molar-refractivity contribution in [1.82, 2.24) is 9.88 Å². The maximum Gasteiger partial charge on any atom is 0.226 e. The molecule has 0 atom stereocenters. The number of nitrogens with zero attached hydrogens (tertiary/aromatic N) is 2. The lowest BCUT2D eigenvalue weighted by Crippen LogP contribution is -2.41. The number of hydrogen-bond donors (Lipinski definition) is 0. The van der Waals surface area contributed by atoms with E-state index in [0.29, 0.717) is 45.1 Å². The Kier molecular flexibility index (Phi) is 4.32. The number of carbonyl (C=O) groups is 1. The Bertz CT molecular complexity index is 350. The van der Waals surface area contributed by atoms with Gasteiger partial charge < -0.3 is 14.4 Å². The van der Waals surface area contributed by atoms with Gasteiger partial charge in [0.15, 0.2) is 0 Å². The minimum atomic E-state index is 0.122. The highest BCUT2D eigenvalue weighted by Crippen LogP contribution is 2.07. The van der Waals surface area contributed by atoms with Crippen molar-refractivity contribution in [2.24, 2.45) is 0 Å².